The van der Waals surface area contributed by atoms with Crippen LogP contribution >= 0.6 is 0 Å². The van der Waals surface area contributed by atoms with E-state index in [2.05, 4.69) is 87.2 Å². The molecule has 0 aliphatic rings. The van der Waals surface area contributed by atoms with Crippen LogP contribution in [0.15, 0.2) is 91.5 Å². The third-order valence-corrected chi connectivity index (χ3v) is 9.09. The van der Waals surface area contributed by atoms with Crippen LogP contribution in [0, 0.1) is 0 Å². The van der Waals surface area contributed by atoms with Crippen molar-refractivity contribution >= 4 is 19.2 Å². The summed E-state index contributed by atoms with van der Waals surface area (Å²) < 4.78 is 11.9. The fourth-order valence-corrected chi connectivity index (χ4v) is 7.51. The zero-order chi connectivity index (χ0) is 20.7. The third kappa shape index (κ3) is 5.18. The zero-order valence-electron chi connectivity index (χ0n) is 17.6. The van der Waals surface area contributed by atoms with E-state index in [0.717, 1.165) is 17.9 Å². The van der Waals surface area contributed by atoms with E-state index in [4.69, 9.17) is 9.47 Å². The van der Waals surface area contributed by atoms with Crippen LogP contribution in [-0.2, 0) is 6.42 Å². The second kappa shape index (κ2) is 9.62. The lowest BCUT2D eigenvalue weighted by atomic mass is 10.1. The van der Waals surface area contributed by atoms with Crippen LogP contribution in [0.3, 0.4) is 0 Å². The summed E-state index contributed by atoms with van der Waals surface area (Å²) in [5, 5.41) is 2.87. The largest absolute Gasteiger partial charge is 0.493 e. The third-order valence-electron chi connectivity index (χ3n) is 5.26. The van der Waals surface area contributed by atoms with Crippen LogP contribution in [-0.4, -0.2) is 22.5 Å². The fourth-order valence-electron chi connectivity index (χ4n) is 3.86. The molecule has 0 bridgehead atoms. The molecular weight excluding hydrogens is 372 g/mol. The van der Waals surface area contributed by atoms with E-state index in [0.29, 0.717) is 6.61 Å². The van der Waals surface area contributed by atoms with Crippen molar-refractivity contribution < 1.29 is 9.47 Å². The van der Waals surface area contributed by atoms with Crippen molar-refractivity contribution in [3.63, 3.8) is 0 Å². The second-order valence-electron chi connectivity index (χ2n) is 8.01. The molecule has 0 unspecified atom stereocenters. The minimum atomic E-state index is -1.53. The topological polar surface area (TPSA) is 18.5 Å². The molecule has 150 valence electrons. The number of hydrogen-bond donors (Lipinski definition) is 0. The van der Waals surface area contributed by atoms with E-state index in [9.17, 15) is 0 Å². The summed E-state index contributed by atoms with van der Waals surface area (Å²) in [6.45, 7) is 9.09. The van der Waals surface area contributed by atoms with Crippen molar-refractivity contribution in [2.45, 2.75) is 25.3 Å². The van der Waals surface area contributed by atoms with Gasteiger partial charge in [-0.3, -0.25) is 0 Å². The first-order chi connectivity index (χ1) is 14.0. The summed E-state index contributed by atoms with van der Waals surface area (Å²) in [4.78, 5) is 0. The molecule has 0 saturated carbocycles. The number of allylic oxidation sites excluding steroid dienone is 1. The first-order valence-corrected chi connectivity index (χ1v) is 11.8. The van der Waals surface area contributed by atoms with Gasteiger partial charge in [-0.1, -0.05) is 97.0 Å². The van der Waals surface area contributed by atoms with Gasteiger partial charge < -0.3 is 9.47 Å². The maximum atomic E-state index is 6.33. The Kier molecular flexibility index (Phi) is 6.94. The van der Waals surface area contributed by atoms with Gasteiger partial charge in [0.25, 0.3) is 0 Å². The Hall–Kier alpha value is -2.78. The Morgan fingerprint density at radius 1 is 0.862 bits per heavy atom. The highest BCUT2D eigenvalue weighted by atomic mass is 28.3. The van der Waals surface area contributed by atoms with Crippen molar-refractivity contribution in [3.05, 3.63) is 97.1 Å². The highest BCUT2D eigenvalue weighted by Gasteiger charge is 2.35. The molecule has 29 heavy (non-hydrogen) atoms. The zero-order valence-corrected chi connectivity index (χ0v) is 18.8. The van der Waals surface area contributed by atoms with E-state index in [-0.39, 0.29) is 5.04 Å². The SMILES string of the molecule is C=CCc1ccc(OCC(C)(C)[SiH](c2ccccc2)c2ccccc2)c(OC)c1. The summed E-state index contributed by atoms with van der Waals surface area (Å²) in [6, 6.07) is 27.9. The van der Waals surface area contributed by atoms with Crippen LogP contribution in [0.5, 0.6) is 11.5 Å². The van der Waals surface area contributed by atoms with Gasteiger partial charge in [-0.2, -0.15) is 0 Å². The van der Waals surface area contributed by atoms with Gasteiger partial charge in [0.2, 0.25) is 0 Å². The van der Waals surface area contributed by atoms with Crippen molar-refractivity contribution in [2.24, 2.45) is 0 Å². The average Bonchev–Trinajstić information content (AvgIpc) is 2.74. The molecule has 0 atom stereocenters. The molecule has 0 saturated heterocycles. The predicted octanol–water partition coefficient (Wildman–Crippen LogP) is 4.62. The molecule has 0 heterocycles. The van der Waals surface area contributed by atoms with Crippen molar-refractivity contribution in [3.8, 4) is 11.5 Å². The molecule has 0 radical (unpaired) electrons. The lowest BCUT2D eigenvalue weighted by Crippen LogP contribution is -2.51. The van der Waals surface area contributed by atoms with Crippen LogP contribution in [0.25, 0.3) is 0 Å². The summed E-state index contributed by atoms with van der Waals surface area (Å²) >= 11 is 0. The van der Waals surface area contributed by atoms with Crippen LogP contribution in [0.1, 0.15) is 19.4 Å². The molecular formula is C26H30O2Si. The molecule has 0 spiro atoms. The van der Waals surface area contributed by atoms with Crippen molar-refractivity contribution in [1.29, 1.82) is 0 Å². The summed E-state index contributed by atoms with van der Waals surface area (Å²) in [7, 11) is 0.166. The molecule has 0 amide bonds. The van der Waals surface area contributed by atoms with E-state index >= 15 is 0 Å². The minimum Gasteiger partial charge on any atom is -0.493 e. The van der Waals surface area contributed by atoms with Crippen LogP contribution < -0.4 is 19.8 Å². The van der Waals surface area contributed by atoms with E-state index in [1.807, 2.05) is 18.2 Å². The Labute approximate surface area is 176 Å². The van der Waals surface area contributed by atoms with Gasteiger partial charge in [0.05, 0.1) is 13.7 Å². The number of methoxy groups -OCH3 is 1. The van der Waals surface area contributed by atoms with E-state index in [1.54, 1.807) is 7.11 Å². The first-order valence-electron chi connectivity index (χ1n) is 10.1. The van der Waals surface area contributed by atoms with E-state index in [1.165, 1.54) is 15.9 Å². The molecule has 0 aliphatic heterocycles. The number of ether oxygens (including phenoxy) is 2. The van der Waals surface area contributed by atoms with E-state index < -0.39 is 8.80 Å². The van der Waals surface area contributed by atoms with Gasteiger partial charge in [0.1, 0.15) is 8.80 Å². The van der Waals surface area contributed by atoms with Gasteiger partial charge >= 0.3 is 0 Å². The summed E-state index contributed by atoms with van der Waals surface area (Å²) in [5.41, 5.74) is 1.17. The molecule has 3 rings (SSSR count). The minimum absolute atomic E-state index is 0.00745. The molecule has 0 N–H and O–H groups in total. The molecule has 0 aliphatic carbocycles. The molecule has 3 aromatic carbocycles. The fraction of sp³-hybridized carbons (Fsp3) is 0.231. The standard InChI is InChI=1S/C26H30O2Si/c1-5-12-21-17-18-24(25(19-21)27-4)28-20-26(2,3)29(22-13-8-6-9-14-22)23-15-10-7-11-16-23/h5-11,13-19,29H,1,12,20H2,2-4H3. The Morgan fingerprint density at radius 2 is 1.45 bits per heavy atom. The van der Waals surface area contributed by atoms with Crippen LogP contribution in [0.2, 0.25) is 5.04 Å². The normalized spacial score (nSPS) is 11.3. The van der Waals surface area contributed by atoms with Crippen LogP contribution in [0.4, 0.5) is 0 Å². The average molecular weight is 403 g/mol. The van der Waals surface area contributed by atoms with Gasteiger partial charge in [-0.15, -0.1) is 6.58 Å². The molecule has 2 nitrogen and oxygen atoms in total. The Balaban J connectivity index is 1.87. The lowest BCUT2D eigenvalue weighted by molar-refractivity contribution is 0.262. The second-order valence-corrected chi connectivity index (χ2v) is 11.8. The maximum Gasteiger partial charge on any atom is 0.161 e. The quantitative estimate of drug-likeness (QED) is 0.384. The Morgan fingerprint density at radius 3 is 1.97 bits per heavy atom. The highest BCUT2D eigenvalue weighted by molar-refractivity contribution is 6.87. The number of rotatable bonds is 9. The smallest absolute Gasteiger partial charge is 0.161 e. The first kappa shape index (κ1) is 20.9. The summed E-state index contributed by atoms with van der Waals surface area (Å²) in [6.07, 6.45) is 2.72. The van der Waals surface area contributed by atoms with Gasteiger partial charge in [0.15, 0.2) is 11.5 Å². The van der Waals surface area contributed by atoms with Gasteiger partial charge in [0, 0.05) is 0 Å². The van der Waals surface area contributed by atoms with Crippen molar-refractivity contribution in [1.82, 2.24) is 0 Å². The molecule has 0 fully saturated rings. The Bertz CT molecular complexity index is 880. The monoisotopic (exact) mass is 402 g/mol. The summed E-state index contributed by atoms with van der Waals surface area (Å²) in [5.74, 6) is 1.57. The van der Waals surface area contributed by atoms with Gasteiger partial charge in [-0.25, -0.2) is 0 Å². The van der Waals surface area contributed by atoms with Gasteiger partial charge in [-0.05, 0) is 29.2 Å². The highest BCUT2D eigenvalue weighted by Crippen LogP contribution is 2.33. The molecule has 3 heteroatoms. The van der Waals surface area contributed by atoms with Crippen molar-refractivity contribution in [2.75, 3.05) is 13.7 Å². The number of benzene rings is 3. The maximum absolute atomic E-state index is 6.33. The lowest BCUT2D eigenvalue weighted by Gasteiger charge is -2.34. The molecule has 0 aromatic heterocycles. The predicted molar refractivity (Wildman–Crippen MR) is 126 cm³/mol. The number of hydrogen-bond acceptors (Lipinski definition) is 2. The molecule has 3 aromatic rings.